The van der Waals surface area contributed by atoms with Crippen LogP contribution in [0.1, 0.15) is 1.43 Å². The summed E-state index contributed by atoms with van der Waals surface area (Å²) >= 11 is 7.48. The fraction of sp³-hybridized carbons (Fsp3) is 0.294. The number of amides is 1. The average molecular weight is 445 g/mol. The number of thioether (sulfide) groups is 1. The molecule has 2 N–H and O–H groups in total. The lowest BCUT2D eigenvalue weighted by Crippen LogP contribution is -2.47. The van der Waals surface area contributed by atoms with Gasteiger partial charge in [-0.25, -0.2) is 15.0 Å². The Balaban J connectivity index is 0.00000256. The van der Waals surface area contributed by atoms with Crippen LogP contribution < -0.4 is 10.2 Å². The summed E-state index contributed by atoms with van der Waals surface area (Å²) in [5.41, 5.74) is 1.31. The molecule has 0 aliphatic carbocycles. The minimum Gasteiger partial charge on any atom is -0.345 e. The van der Waals surface area contributed by atoms with Gasteiger partial charge >= 0.3 is 6.18 Å². The number of hydrogen-bond donors (Lipinski definition) is 2. The second-order valence-corrected chi connectivity index (χ2v) is 7.75. The summed E-state index contributed by atoms with van der Waals surface area (Å²) in [6, 6.07) is 2.62. The van der Waals surface area contributed by atoms with Crippen molar-refractivity contribution in [3.8, 4) is 11.4 Å². The summed E-state index contributed by atoms with van der Waals surface area (Å²) in [6.45, 7) is -1.36. The van der Waals surface area contributed by atoms with Gasteiger partial charge in [0.1, 0.15) is 24.1 Å². The van der Waals surface area contributed by atoms with Crippen molar-refractivity contribution in [2.24, 2.45) is 0 Å². The molecule has 0 unspecified atom stereocenters. The fourth-order valence-electron chi connectivity index (χ4n) is 2.99. The topological polar surface area (TPSA) is 86.8 Å². The highest BCUT2D eigenvalue weighted by molar-refractivity contribution is 7.99. The van der Waals surface area contributed by atoms with Gasteiger partial charge in [0, 0.05) is 36.7 Å². The molecular formula is C17H16ClF3N6OS. The molecular weight excluding hydrogens is 429 g/mol. The molecule has 1 fully saturated rings. The number of pyridine rings is 1. The van der Waals surface area contributed by atoms with Crippen LogP contribution >= 0.6 is 23.4 Å². The van der Waals surface area contributed by atoms with Crippen LogP contribution in [0.5, 0.6) is 0 Å². The van der Waals surface area contributed by atoms with Crippen molar-refractivity contribution < 1.29 is 19.4 Å². The lowest BCUT2D eigenvalue weighted by molar-refractivity contribution is -0.138. The Hall–Kier alpha value is -2.53. The van der Waals surface area contributed by atoms with Crippen molar-refractivity contribution >= 4 is 46.1 Å². The average Bonchev–Trinajstić information content (AvgIpc) is 3.32. The van der Waals surface area contributed by atoms with E-state index in [0.29, 0.717) is 39.5 Å². The fourth-order valence-corrected chi connectivity index (χ4v) is 4.32. The molecule has 4 heterocycles. The van der Waals surface area contributed by atoms with Crippen LogP contribution in [0.2, 0.25) is 5.02 Å². The first-order chi connectivity index (χ1) is 13.8. The summed E-state index contributed by atoms with van der Waals surface area (Å²) in [7, 11) is 0. The molecule has 0 aromatic carbocycles. The van der Waals surface area contributed by atoms with Crippen LogP contribution in [0.25, 0.3) is 22.4 Å². The molecule has 1 aliphatic heterocycles. The number of nitrogens with zero attached hydrogens (tertiary/aromatic N) is 4. The molecule has 0 bridgehead atoms. The number of nitrogens with one attached hydrogen (secondary N) is 2. The maximum atomic E-state index is 12.4. The van der Waals surface area contributed by atoms with E-state index in [1.807, 2.05) is 5.32 Å². The molecule has 1 aliphatic rings. The third kappa shape index (κ3) is 4.25. The number of aromatic nitrogens is 4. The van der Waals surface area contributed by atoms with Gasteiger partial charge in [-0.3, -0.25) is 4.79 Å². The van der Waals surface area contributed by atoms with Crippen molar-refractivity contribution in [2.45, 2.75) is 12.2 Å². The molecule has 1 amide bonds. The molecule has 154 valence electrons. The third-order valence-corrected chi connectivity index (χ3v) is 5.54. The van der Waals surface area contributed by atoms with Crippen LogP contribution in [-0.4, -0.2) is 56.2 Å². The number of halogens is 4. The zero-order valence-electron chi connectivity index (χ0n) is 14.7. The molecule has 0 saturated carbocycles. The number of H-pyrrole nitrogens is 1. The summed E-state index contributed by atoms with van der Waals surface area (Å²) in [5.74, 6) is 0.966. The predicted octanol–water partition coefficient (Wildman–Crippen LogP) is 3.48. The van der Waals surface area contributed by atoms with Crippen LogP contribution in [0.4, 0.5) is 19.0 Å². The van der Waals surface area contributed by atoms with Crippen molar-refractivity contribution in [1.29, 1.82) is 0 Å². The molecule has 0 radical (unpaired) electrons. The minimum atomic E-state index is -4.46. The van der Waals surface area contributed by atoms with E-state index in [9.17, 15) is 18.0 Å². The van der Waals surface area contributed by atoms with Crippen molar-refractivity contribution in [3.05, 3.63) is 35.7 Å². The Bertz CT molecular complexity index is 1070. The lowest BCUT2D eigenvalue weighted by Gasteiger charge is -2.24. The highest BCUT2D eigenvalue weighted by Crippen LogP contribution is 2.31. The van der Waals surface area contributed by atoms with Gasteiger partial charge in [-0.05, 0) is 12.1 Å². The zero-order chi connectivity index (χ0) is 20.6. The molecule has 3 aromatic rings. The van der Waals surface area contributed by atoms with Gasteiger partial charge in [0.05, 0.1) is 10.9 Å². The van der Waals surface area contributed by atoms with E-state index in [-0.39, 0.29) is 1.43 Å². The van der Waals surface area contributed by atoms with Crippen molar-refractivity contribution in [1.82, 2.24) is 25.3 Å². The molecule has 4 rings (SSSR count). The summed E-state index contributed by atoms with van der Waals surface area (Å²) in [5, 5.41) is 3.15. The van der Waals surface area contributed by atoms with Gasteiger partial charge in [-0.1, -0.05) is 11.6 Å². The molecule has 1 saturated heterocycles. The second kappa shape index (κ2) is 7.71. The molecule has 0 spiro atoms. The predicted molar refractivity (Wildman–Crippen MR) is 107 cm³/mol. The Morgan fingerprint density at radius 3 is 3.07 bits per heavy atom. The number of aromatic amines is 1. The van der Waals surface area contributed by atoms with Crippen LogP contribution in [0.15, 0.2) is 30.7 Å². The summed E-state index contributed by atoms with van der Waals surface area (Å²) in [4.78, 5) is 30.0. The van der Waals surface area contributed by atoms with Crippen LogP contribution in [0.3, 0.4) is 0 Å². The molecule has 1 atom stereocenters. The Kier molecular flexibility index (Phi) is 5.26. The van der Waals surface area contributed by atoms with E-state index in [0.717, 1.165) is 5.39 Å². The number of carbonyl (C=O) groups is 1. The number of carbonyl (C=O) groups excluding carboxylic acids is 1. The third-order valence-electron chi connectivity index (χ3n) is 4.32. The van der Waals surface area contributed by atoms with Gasteiger partial charge in [0.25, 0.3) is 0 Å². The standard InChI is InChI=1S/C17H14ClF3N6OS.H2/c18-9-3-10-11(5-24-14(10)23-4-9)15-22-2-1-13(26-15)27-8-29-6-12(27)16(28)25-7-17(19,20)21;/h1-5,12H,6-8H2,(H,23,24)(H,25,28);1H/t12-;/m1./s1. The van der Waals surface area contributed by atoms with E-state index < -0.39 is 24.7 Å². The van der Waals surface area contributed by atoms with Crippen LogP contribution in [-0.2, 0) is 4.79 Å². The monoisotopic (exact) mass is 444 g/mol. The highest BCUT2D eigenvalue weighted by Gasteiger charge is 2.35. The Morgan fingerprint density at radius 2 is 2.28 bits per heavy atom. The van der Waals surface area contributed by atoms with Crippen molar-refractivity contribution in [2.75, 3.05) is 23.1 Å². The van der Waals surface area contributed by atoms with E-state index >= 15 is 0 Å². The molecule has 29 heavy (non-hydrogen) atoms. The number of alkyl halides is 3. The van der Waals surface area contributed by atoms with E-state index in [2.05, 4.69) is 19.9 Å². The summed E-state index contributed by atoms with van der Waals surface area (Å²) in [6.07, 6.45) is 0.313. The van der Waals surface area contributed by atoms with Crippen molar-refractivity contribution in [3.63, 3.8) is 0 Å². The maximum Gasteiger partial charge on any atom is 0.405 e. The van der Waals surface area contributed by atoms with E-state index in [4.69, 9.17) is 11.6 Å². The first-order valence-corrected chi connectivity index (χ1v) is 10.00. The van der Waals surface area contributed by atoms with Gasteiger partial charge in [0.15, 0.2) is 5.82 Å². The highest BCUT2D eigenvalue weighted by atomic mass is 35.5. The first kappa shape index (κ1) is 19.8. The minimum absolute atomic E-state index is 0. The SMILES string of the molecule is O=C(NCC(F)(F)F)[C@H]1CSCN1c1ccnc(-c2c[nH]c3ncc(Cl)cc23)n1.[HH]. The normalized spacial score (nSPS) is 17.1. The Morgan fingerprint density at radius 1 is 1.45 bits per heavy atom. The second-order valence-electron chi connectivity index (χ2n) is 6.31. The van der Waals surface area contributed by atoms with Gasteiger partial charge in [0.2, 0.25) is 5.91 Å². The number of fused-ring (bicyclic) bond motifs is 1. The lowest BCUT2D eigenvalue weighted by atomic mass is 10.2. The molecule has 12 heteroatoms. The smallest absolute Gasteiger partial charge is 0.345 e. The molecule has 3 aromatic heterocycles. The zero-order valence-corrected chi connectivity index (χ0v) is 16.3. The molecule has 7 nitrogen and oxygen atoms in total. The Labute approximate surface area is 173 Å². The number of rotatable bonds is 4. The largest absolute Gasteiger partial charge is 0.405 e. The van der Waals surface area contributed by atoms with Gasteiger partial charge < -0.3 is 15.2 Å². The maximum absolute atomic E-state index is 12.4. The number of hydrogen-bond acceptors (Lipinski definition) is 6. The quantitative estimate of drug-likeness (QED) is 0.640. The van der Waals surface area contributed by atoms with E-state index in [1.165, 1.54) is 18.0 Å². The van der Waals surface area contributed by atoms with E-state index in [1.54, 1.807) is 29.4 Å². The van der Waals surface area contributed by atoms with Gasteiger partial charge in [-0.15, -0.1) is 11.8 Å². The number of anilines is 1. The van der Waals surface area contributed by atoms with Gasteiger partial charge in [-0.2, -0.15) is 13.2 Å². The first-order valence-electron chi connectivity index (χ1n) is 8.47. The van der Waals surface area contributed by atoms with Crippen LogP contribution in [0, 0.1) is 0 Å². The summed E-state index contributed by atoms with van der Waals surface area (Å²) < 4.78 is 37.3.